The van der Waals surface area contributed by atoms with Crippen molar-refractivity contribution in [1.29, 1.82) is 0 Å². The number of hydrogen-bond donors (Lipinski definition) is 2. The van der Waals surface area contributed by atoms with E-state index in [2.05, 4.69) is 35.2 Å². The second-order valence-electron chi connectivity index (χ2n) is 4.46. The zero-order valence-electron chi connectivity index (χ0n) is 9.93. The summed E-state index contributed by atoms with van der Waals surface area (Å²) < 4.78 is 26.5. The molecule has 1 aromatic carbocycles. The lowest BCUT2D eigenvalue weighted by atomic mass is 9.98. The first-order valence-corrected chi connectivity index (χ1v) is 6.36. The minimum atomic E-state index is -0.868. The van der Waals surface area contributed by atoms with Gasteiger partial charge in [0.2, 0.25) is 0 Å². The molecule has 0 spiro atoms. The summed E-state index contributed by atoms with van der Waals surface area (Å²) in [5, 5.41) is 0. The van der Waals surface area contributed by atoms with E-state index in [4.69, 9.17) is 5.84 Å². The highest BCUT2D eigenvalue weighted by atomic mass is 79.9. The molecule has 0 aliphatic carbocycles. The van der Waals surface area contributed by atoms with E-state index in [1.165, 1.54) is 0 Å². The molecule has 1 atom stereocenters. The van der Waals surface area contributed by atoms with Gasteiger partial charge in [0.05, 0.1) is 4.47 Å². The second kappa shape index (κ2) is 6.42. The minimum absolute atomic E-state index is 0.143. The first-order chi connectivity index (χ1) is 7.97. The standard InChI is InChI=1S/C12H17BrF2N2/c1-7(2)3-6-10(17-16)8-4-5-9(14)12(15)11(8)13/h4-5,7,10,17H,3,6,16H2,1-2H3. The Morgan fingerprint density at radius 3 is 2.47 bits per heavy atom. The van der Waals surface area contributed by atoms with Crippen molar-refractivity contribution in [2.75, 3.05) is 0 Å². The lowest BCUT2D eigenvalue weighted by Gasteiger charge is -2.19. The van der Waals surface area contributed by atoms with E-state index in [-0.39, 0.29) is 10.5 Å². The molecule has 0 heterocycles. The van der Waals surface area contributed by atoms with Crippen LogP contribution in [0.15, 0.2) is 16.6 Å². The number of nitrogens with one attached hydrogen (secondary N) is 1. The highest BCUT2D eigenvalue weighted by Gasteiger charge is 2.18. The van der Waals surface area contributed by atoms with Gasteiger partial charge in [0.1, 0.15) is 0 Å². The number of benzene rings is 1. The minimum Gasteiger partial charge on any atom is -0.271 e. The SMILES string of the molecule is CC(C)CCC(NN)c1ccc(F)c(F)c1Br. The van der Waals surface area contributed by atoms with Crippen LogP contribution >= 0.6 is 15.9 Å². The first-order valence-electron chi connectivity index (χ1n) is 5.56. The maximum absolute atomic E-state index is 13.4. The van der Waals surface area contributed by atoms with Gasteiger partial charge in [-0.25, -0.2) is 8.78 Å². The van der Waals surface area contributed by atoms with E-state index in [0.29, 0.717) is 11.5 Å². The monoisotopic (exact) mass is 306 g/mol. The molecule has 1 aromatic rings. The summed E-state index contributed by atoms with van der Waals surface area (Å²) in [7, 11) is 0. The molecule has 3 N–H and O–H groups in total. The number of nitrogens with two attached hydrogens (primary N) is 1. The molecule has 96 valence electrons. The van der Waals surface area contributed by atoms with Crippen LogP contribution in [0.25, 0.3) is 0 Å². The number of halogens is 3. The molecule has 5 heteroatoms. The van der Waals surface area contributed by atoms with Gasteiger partial charge in [-0.15, -0.1) is 0 Å². The van der Waals surface area contributed by atoms with E-state index in [9.17, 15) is 8.78 Å². The molecule has 1 rings (SSSR count). The van der Waals surface area contributed by atoms with Gasteiger partial charge in [-0.2, -0.15) is 0 Å². The first kappa shape index (κ1) is 14.5. The van der Waals surface area contributed by atoms with Crippen LogP contribution in [-0.2, 0) is 0 Å². The Labute approximate surface area is 109 Å². The number of hydrogen-bond acceptors (Lipinski definition) is 2. The van der Waals surface area contributed by atoms with Crippen molar-refractivity contribution in [3.63, 3.8) is 0 Å². The second-order valence-corrected chi connectivity index (χ2v) is 5.25. The summed E-state index contributed by atoms with van der Waals surface area (Å²) in [6.45, 7) is 4.21. The largest absolute Gasteiger partial charge is 0.271 e. The third-order valence-electron chi connectivity index (χ3n) is 2.67. The van der Waals surface area contributed by atoms with Crippen molar-refractivity contribution < 1.29 is 8.78 Å². The average molecular weight is 307 g/mol. The molecule has 0 radical (unpaired) electrons. The Bertz CT molecular complexity index is 383. The predicted molar refractivity (Wildman–Crippen MR) is 68.2 cm³/mol. The van der Waals surface area contributed by atoms with Gasteiger partial charge >= 0.3 is 0 Å². The van der Waals surface area contributed by atoms with Gasteiger partial charge in [-0.05, 0) is 46.3 Å². The Morgan fingerprint density at radius 2 is 1.94 bits per heavy atom. The van der Waals surface area contributed by atoms with Gasteiger partial charge in [0.25, 0.3) is 0 Å². The molecule has 0 amide bonds. The fraction of sp³-hybridized carbons (Fsp3) is 0.500. The maximum atomic E-state index is 13.4. The van der Waals surface area contributed by atoms with Crippen LogP contribution in [0.5, 0.6) is 0 Å². The molecule has 0 aliphatic rings. The molecular formula is C12H17BrF2N2. The summed E-state index contributed by atoms with van der Waals surface area (Å²) >= 11 is 3.07. The normalized spacial score (nSPS) is 13.1. The summed E-state index contributed by atoms with van der Waals surface area (Å²) in [4.78, 5) is 0. The topological polar surface area (TPSA) is 38.0 Å². The van der Waals surface area contributed by atoms with Crippen molar-refractivity contribution in [3.05, 3.63) is 33.8 Å². The molecule has 0 fully saturated rings. The zero-order chi connectivity index (χ0) is 13.0. The van der Waals surface area contributed by atoms with Gasteiger partial charge in [-0.1, -0.05) is 19.9 Å². The maximum Gasteiger partial charge on any atom is 0.173 e. The van der Waals surface area contributed by atoms with Crippen LogP contribution in [-0.4, -0.2) is 0 Å². The fourth-order valence-electron chi connectivity index (χ4n) is 1.64. The van der Waals surface area contributed by atoms with Gasteiger partial charge in [0, 0.05) is 6.04 Å². The molecule has 0 saturated carbocycles. The summed E-state index contributed by atoms with van der Waals surface area (Å²) in [5.41, 5.74) is 3.29. The van der Waals surface area contributed by atoms with Crippen LogP contribution < -0.4 is 11.3 Å². The highest BCUT2D eigenvalue weighted by Crippen LogP contribution is 2.30. The van der Waals surface area contributed by atoms with Gasteiger partial charge in [-0.3, -0.25) is 11.3 Å². The van der Waals surface area contributed by atoms with Crippen molar-refractivity contribution in [3.8, 4) is 0 Å². The molecule has 0 aliphatic heterocycles. The molecule has 1 unspecified atom stereocenters. The highest BCUT2D eigenvalue weighted by molar-refractivity contribution is 9.10. The zero-order valence-corrected chi connectivity index (χ0v) is 11.5. The quantitative estimate of drug-likeness (QED) is 0.495. The summed E-state index contributed by atoms with van der Waals surface area (Å²) in [5.74, 6) is 4.27. The van der Waals surface area contributed by atoms with Crippen LogP contribution in [0.4, 0.5) is 8.78 Å². The molecule has 0 aromatic heterocycles. The Hall–Kier alpha value is -0.520. The number of hydrazine groups is 1. The third-order valence-corrected chi connectivity index (χ3v) is 3.48. The molecular weight excluding hydrogens is 290 g/mol. The van der Waals surface area contributed by atoms with Crippen LogP contribution in [0, 0.1) is 17.6 Å². The summed E-state index contributed by atoms with van der Waals surface area (Å²) in [6.07, 6.45) is 1.73. The Kier molecular flexibility index (Phi) is 5.49. The predicted octanol–water partition coefficient (Wildman–Crippen LogP) is 3.67. The van der Waals surface area contributed by atoms with Crippen molar-refractivity contribution >= 4 is 15.9 Å². The molecule has 0 bridgehead atoms. The van der Waals surface area contributed by atoms with Gasteiger partial charge in [0.15, 0.2) is 11.6 Å². The van der Waals surface area contributed by atoms with Crippen molar-refractivity contribution in [2.45, 2.75) is 32.7 Å². The van der Waals surface area contributed by atoms with E-state index in [0.717, 1.165) is 18.9 Å². The fourth-order valence-corrected chi connectivity index (χ4v) is 2.24. The smallest absolute Gasteiger partial charge is 0.173 e. The van der Waals surface area contributed by atoms with E-state index in [1.807, 2.05) is 0 Å². The number of rotatable bonds is 5. The summed E-state index contributed by atoms with van der Waals surface area (Å²) in [6, 6.07) is 2.49. The van der Waals surface area contributed by atoms with E-state index in [1.54, 1.807) is 6.07 Å². The van der Waals surface area contributed by atoms with Crippen LogP contribution in [0.3, 0.4) is 0 Å². The van der Waals surface area contributed by atoms with Crippen molar-refractivity contribution in [1.82, 2.24) is 5.43 Å². The van der Waals surface area contributed by atoms with Crippen LogP contribution in [0.2, 0.25) is 0 Å². The van der Waals surface area contributed by atoms with E-state index >= 15 is 0 Å². The molecule has 2 nitrogen and oxygen atoms in total. The average Bonchev–Trinajstić information content (AvgIpc) is 2.29. The van der Waals surface area contributed by atoms with Crippen LogP contribution in [0.1, 0.15) is 38.3 Å². The Balaban J connectivity index is 2.92. The van der Waals surface area contributed by atoms with Crippen molar-refractivity contribution in [2.24, 2.45) is 11.8 Å². The molecule has 0 saturated heterocycles. The third kappa shape index (κ3) is 3.72. The lowest BCUT2D eigenvalue weighted by molar-refractivity contribution is 0.440. The lowest BCUT2D eigenvalue weighted by Crippen LogP contribution is -2.28. The Morgan fingerprint density at radius 1 is 1.29 bits per heavy atom. The molecule has 17 heavy (non-hydrogen) atoms. The van der Waals surface area contributed by atoms with Gasteiger partial charge < -0.3 is 0 Å². The van der Waals surface area contributed by atoms with E-state index < -0.39 is 11.6 Å².